The van der Waals surface area contributed by atoms with Crippen LogP contribution in [0.25, 0.3) is 0 Å². The molecule has 0 saturated carbocycles. The quantitative estimate of drug-likeness (QED) is 0.787. The molecule has 4 nitrogen and oxygen atoms in total. The summed E-state index contributed by atoms with van der Waals surface area (Å²) in [5.41, 5.74) is 2.82. The van der Waals surface area contributed by atoms with E-state index in [9.17, 15) is 4.79 Å². The first-order valence-electron chi connectivity index (χ1n) is 5.98. The van der Waals surface area contributed by atoms with Crippen molar-refractivity contribution < 1.29 is 9.90 Å². The Morgan fingerprint density at radius 1 is 1.37 bits per heavy atom. The molecule has 2 rings (SSSR count). The highest BCUT2D eigenvalue weighted by Gasteiger charge is 2.06. The predicted octanol–water partition coefficient (Wildman–Crippen LogP) is 2.85. The summed E-state index contributed by atoms with van der Waals surface area (Å²) in [6.07, 6.45) is 0. The minimum absolute atomic E-state index is 0.204. The second kappa shape index (κ2) is 6.36. The molecule has 0 bridgehead atoms. The number of nitrogens with one attached hydrogen (secondary N) is 2. The van der Waals surface area contributed by atoms with Gasteiger partial charge >= 0.3 is 0 Å². The number of aliphatic hydroxyl groups is 1. The minimum Gasteiger partial charge on any atom is -0.387 e. The highest BCUT2D eigenvalue weighted by atomic mass is 32.1. The van der Waals surface area contributed by atoms with E-state index in [1.165, 1.54) is 5.56 Å². The molecule has 1 amide bonds. The summed E-state index contributed by atoms with van der Waals surface area (Å²) in [5.74, 6) is -0.414. The van der Waals surface area contributed by atoms with Gasteiger partial charge in [0.05, 0.1) is 0 Å². The van der Waals surface area contributed by atoms with Crippen LogP contribution >= 0.6 is 11.3 Å². The largest absolute Gasteiger partial charge is 0.387 e. The van der Waals surface area contributed by atoms with E-state index in [1.807, 2.05) is 23.6 Å². The van der Waals surface area contributed by atoms with Crippen molar-refractivity contribution in [2.45, 2.75) is 13.0 Å². The second-order valence-electron chi connectivity index (χ2n) is 4.21. The summed E-state index contributed by atoms with van der Waals surface area (Å²) >= 11 is 1.67. The number of benzene rings is 1. The van der Waals surface area contributed by atoms with Crippen LogP contribution in [-0.4, -0.2) is 17.6 Å². The maximum Gasteiger partial charge on any atom is 0.250 e. The van der Waals surface area contributed by atoms with Crippen LogP contribution in [0.1, 0.15) is 18.5 Å². The van der Waals surface area contributed by atoms with Crippen molar-refractivity contribution in [3.63, 3.8) is 0 Å². The average molecular weight is 276 g/mol. The third kappa shape index (κ3) is 3.81. The van der Waals surface area contributed by atoms with Gasteiger partial charge in [0.2, 0.25) is 5.91 Å². The molecular formula is C14H16N2O2S. The van der Waals surface area contributed by atoms with Gasteiger partial charge in [0.25, 0.3) is 0 Å². The zero-order chi connectivity index (χ0) is 13.7. The molecule has 1 aromatic heterocycles. The van der Waals surface area contributed by atoms with E-state index < -0.39 is 12.5 Å². The van der Waals surface area contributed by atoms with E-state index in [2.05, 4.69) is 29.0 Å². The highest BCUT2D eigenvalue weighted by Crippen LogP contribution is 2.23. The Morgan fingerprint density at radius 2 is 2.16 bits per heavy atom. The zero-order valence-corrected chi connectivity index (χ0v) is 11.4. The zero-order valence-electron chi connectivity index (χ0n) is 10.6. The molecule has 1 unspecified atom stereocenters. The lowest BCUT2D eigenvalue weighted by Gasteiger charge is -2.15. The molecule has 5 heteroatoms. The van der Waals surface area contributed by atoms with Gasteiger partial charge < -0.3 is 15.7 Å². The topological polar surface area (TPSA) is 61.4 Å². The third-order valence-electron chi connectivity index (χ3n) is 2.72. The molecule has 1 heterocycles. The maximum atomic E-state index is 11.1. The van der Waals surface area contributed by atoms with Crippen molar-refractivity contribution in [3.8, 4) is 0 Å². The monoisotopic (exact) mass is 276 g/mol. The Bertz CT molecular complexity index is 540. The lowest BCUT2D eigenvalue weighted by molar-refractivity contribution is -0.118. The van der Waals surface area contributed by atoms with E-state index in [1.54, 1.807) is 17.4 Å². The third-order valence-corrected chi connectivity index (χ3v) is 3.42. The molecule has 0 aliphatic rings. The summed E-state index contributed by atoms with van der Waals surface area (Å²) in [6.45, 7) is 1.57. The van der Waals surface area contributed by atoms with Gasteiger partial charge in [0.1, 0.15) is 6.61 Å². The molecular weight excluding hydrogens is 260 g/mol. The van der Waals surface area contributed by atoms with Crippen LogP contribution in [0.2, 0.25) is 0 Å². The molecule has 1 aromatic carbocycles. The van der Waals surface area contributed by atoms with Gasteiger partial charge in [-0.25, -0.2) is 0 Å². The summed E-state index contributed by atoms with van der Waals surface area (Å²) in [7, 11) is 0. The van der Waals surface area contributed by atoms with Crippen molar-refractivity contribution in [1.82, 2.24) is 0 Å². The molecule has 0 spiro atoms. The van der Waals surface area contributed by atoms with Gasteiger partial charge in [-0.05, 0) is 47.5 Å². The predicted molar refractivity (Wildman–Crippen MR) is 78.5 cm³/mol. The minimum atomic E-state index is -0.511. The molecule has 2 aromatic rings. The number of anilines is 2. The van der Waals surface area contributed by atoms with Gasteiger partial charge in [0.15, 0.2) is 0 Å². The number of thiophene rings is 1. The molecule has 0 aliphatic carbocycles. The van der Waals surface area contributed by atoms with Gasteiger partial charge in [-0.2, -0.15) is 11.3 Å². The number of hydrogen-bond donors (Lipinski definition) is 3. The van der Waals surface area contributed by atoms with Crippen molar-refractivity contribution in [3.05, 3.63) is 46.7 Å². The van der Waals surface area contributed by atoms with Gasteiger partial charge in [-0.15, -0.1) is 0 Å². The van der Waals surface area contributed by atoms with E-state index in [0.29, 0.717) is 5.69 Å². The molecule has 100 valence electrons. The first-order chi connectivity index (χ1) is 9.19. The normalized spacial score (nSPS) is 11.9. The van der Waals surface area contributed by atoms with Crippen LogP contribution in [-0.2, 0) is 4.79 Å². The number of aliphatic hydroxyl groups excluding tert-OH is 1. The number of carbonyl (C=O) groups excluding carboxylic acids is 1. The summed E-state index contributed by atoms with van der Waals surface area (Å²) in [6, 6.07) is 9.71. The van der Waals surface area contributed by atoms with E-state index >= 15 is 0 Å². The molecule has 0 aliphatic heterocycles. The Labute approximate surface area is 116 Å². The van der Waals surface area contributed by atoms with Crippen LogP contribution in [0.4, 0.5) is 11.4 Å². The van der Waals surface area contributed by atoms with Gasteiger partial charge in [-0.1, -0.05) is 6.07 Å². The number of amides is 1. The average Bonchev–Trinajstić information content (AvgIpc) is 2.93. The molecule has 1 atom stereocenters. The second-order valence-corrected chi connectivity index (χ2v) is 4.99. The van der Waals surface area contributed by atoms with Crippen LogP contribution in [0.5, 0.6) is 0 Å². The Kier molecular flexibility index (Phi) is 4.54. The van der Waals surface area contributed by atoms with Crippen molar-refractivity contribution in [1.29, 1.82) is 0 Å². The highest BCUT2D eigenvalue weighted by molar-refractivity contribution is 7.07. The molecule has 0 saturated heterocycles. The Morgan fingerprint density at radius 3 is 2.84 bits per heavy atom. The Balaban J connectivity index is 2.04. The fourth-order valence-corrected chi connectivity index (χ4v) is 2.50. The molecule has 3 N–H and O–H groups in total. The number of hydrogen-bond acceptors (Lipinski definition) is 4. The smallest absolute Gasteiger partial charge is 0.250 e. The SMILES string of the molecule is CC(Nc1cccc(NC(=O)CO)c1)c1ccsc1. The van der Waals surface area contributed by atoms with Crippen molar-refractivity contribution in [2.75, 3.05) is 17.2 Å². The van der Waals surface area contributed by atoms with Crippen molar-refractivity contribution in [2.24, 2.45) is 0 Å². The van der Waals surface area contributed by atoms with Crippen LogP contribution in [0, 0.1) is 0 Å². The summed E-state index contributed by atoms with van der Waals surface area (Å²) in [5, 5.41) is 18.8. The van der Waals surface area contributed by atoms with E-state index in [-0.39, 0.29) is 6.04 Å². The first-order valence-corrected chi connectivity index (χ1v) is 6.92. The van der Waals surface area contributed by atoms with Gasteiger partial charge in [-0.3, -0.25) is 4.79 Å². The standard InChI is InChI=1S/C14H16N2O2S/c1-10(11-5-6-19-9-11)15-12-3-2-4-13(7-12)16-14(18)8-17/h2-7,9-10,15,17H,8H2,1H3,(H,16,18). The lowest BCUT2D eigenvalue weighted by atomic mass is 10.1. The molecule has 0 radical (unpaired) electrons. The fourth-order valence-electron chi connectivity index (χ4n) is 1.74. The van der Waals surface area contributed by atoms with Crippen LogP contribution in [0.15, 0.2) is 41.1 Å². The lowest BCUT2D eigenvalue weighted by Crippen LogP contribution is -2.15. The van der Waals surface area contributed by atoms with Gasteiger partial charge in [0, 0.05) is 17.4 Å². The maximum absolute atomic E-state index is 11.1. The fraction of sp³-hybridized carbons (Fsp3) is 0.214. The van der Waals surface area contributed by atoms with Crippen molar-refractivity contribution >= 4 is 28.6 Å². The summed E-state index contributed by atoms with van der Waals surface area (Å²) < 4.78 is 0. The number of carbonyl (C=O) groups is 1. The Hall–Kier alpha value is -1.85. The van der Waals surface area contributed by atoms with E-state index in [4.69, 9.17) is 5.11 Å². The van der Waals surface area contributed by atoms with E-state index in [0.717, 1.165) is 5.69 Å². The molecule has 0 fully saturated rings. The van der Waals surface area contributed by atoms with Crippen LogP contribution in [0.3, 0.4) is 0 Å². The van der Waals surface area contributed by atoms with Crippen LogP contribution < -0.4 is 10.6 Å². The number of rotatable bonds is 5. The first kappa shape index (κ1) is 13.6. The summed E-state index contributed by atoms with van der Waals surface area (Å²) in [4.78, 5) is 11.1. The molecule has 19 heavy (non-hydrogen) atoms.